The van der Waals surface area contributed by atoms with E-state index in [2.05, 4.69) is 4.98 Å². The van der Waals surface area contributed by atoms with Gasteiger partial charge in [0, 0.05) is 11.6 Å². The molecule has 0 radical (unpaired) electrons. The fourth-order valence-corrected chi connectivity index (χ4v) is 2.89. The molecule has 1 aromatic heterocycles. The zero-order chi connectivity index (χ0) is 16.2. The lowest BCUT2D eigenvalue weighted by molar-refractivity contribution is 0.132. The lowest BCUT2D eigenvalue weighted by Gasteiger charge is -2.29. The average molecular weight is 311 g/mol. The molecule has 0 aliphatic heterocycles. The van der Waals surface area contributed by atoms with Crippen LogP contribution in [0, 0.1) is 17.1 Å². The number of halogens is 1. The number of aromatic nitrogens is 1. The summed E-state index contributed by atoms with van der Waals surface area (Å²) in [6, 6.07) is 9.74. The smallest absolute Gasteiger partial charge is 0.138 e. The van der Waals surface area contributed by atoms with Crippen molar-refractivity contribution in [1.82, 2.24) is 4.98 Å². The van der Waals surface area contributed by atoms with Crippen molar-refractivity contribution in [3.05, 3.63) is 47.9 Å². The molecule has 0 unspecified atom stereocenters. The van der Waals surface area contributed by atoms with E-state index in [-0.39, 0.29) is 17.7 Å². The minimum atomic E-state index is -0.434. The van der Waals surface area contributed by atoms with Gasteiger partial charge in [-0.25, -0.2) is 4.39 Å². The van der Waals surface area contributed by atoms with E-state index in [1.807, 2.05) is 12.1 Å². The second-order valence-corrected chi connectivity index (χ2v) is 5.79. The van der Waals surface area contributed by atoms with Crippen LogP contribution in [0.1, 0.15) is 31.2 Å². The number of pyridine rings is 1. The molecule has 2 aromatic rings. The highest BCUT2D eigenvalue weighted by Crippen LogP contribution is 2.26. The maximum atomic E-state index is 13.2. The van der Waals surface area contributed by atoms with Crippen LogP contribution in [-0.4, -0.2) is 17.1 Å². The first-order chi connectivity index (χ1) is 11.2. The second kappa shape index (κ2) is 6.76. The Kier molecular flexibility index (Phi) is 4.54. The van der Waals surface area contributed by atoms with Gasteiger partial charge in [-0.3, -0.25) is 4.98 Å². The number of hydrogen-bond acceptors (Lipinski definition) is 4. The quantitative estimate of drug-likeness (QED) is 0.943. The first-order valence-corrected chi connectivity index (χ1v) is 7.75. The SMILES string of the molecule is N#Cc1cc(F)ccc1-c1ccc(O[C@@H]2CCCC[C@@H]2N)cn1. The number of hydrogen-bond donors (Lipinski definition) is 1. The zero-order valence-corrected chi connectivity index (χ0v) is 12.7. The fraction of sp³-hybridized carbons (Fsp3) is 0.333. The van der Waals surface area contributed by atoms with Crippen molar-refractivity contribution in [1.29, 1.82) is 5.26 Å². The van der Waals surface area contributed by atoms with Crippen LogP contribution in [0.25, 0.3) is 11.3 Å². The van der Waals surface area contributed by atoms with Gasteiger partial charge in [-0.15, -0.1) is 0 Å². The van der Waals surface area contributed by atoms with E-state index < -0.39 is 5.82 Å². The normalized spacial score (nSPS) is 20.7. The summed E-state index contributed by atoms with van der Waals surface area (Å²) in [4.78, 5) is 4.34. The van der Waals surface area contributed by atoms with Gasteiger partial charge in [0.15, 0.2) is 0 Å². The van der Waals surface area contributed by atoms with Gasteiger partial charge in [-0.2, -0.15) is 5.26 Å². The molecule has 0 amide bonds. The monoisotopic (exact) mass is 311 g/mol. The maximum absolute atomic E-state index is 13.2. The van der Waals surface area contributed by atoms with Crippen LogP contribution in [0.2, 0.25) is 0 Å². The Bertz CT molecular complexity index is 724. The Morgan fingerprint density at radius 3 is 2.74 bits per heavy atom. The van der Waals surface area contributed by atoms with Gasteiger partial charge in [-0.05, 0) is 49.6 Å². The summed E-state index contributed by atoms with van der Waals surface area (Å²) in [7, 11) is 0. The average Bonchev–Trinajstić information content (AvgIpc) is 2.58. The molecule has 1 heterocycles. The summed E-state index contributed by atoms with van der Waals surface area (Å²) < 4.78 is 19.1. The minimum Gasteiger partial charge on any atom is -0.487 e. The van der Waals surface area contributed by atoms with E-state index in [0.29, 0.717) is 17.0 Å². The van der Waals surface area contributed by atoms with E-state index >= 15 is 0 Å². The van der Waals surface area contributed by atoms with Gasteiger partial charge in [0.2, 0.25) is 0 Å². The molecule has 2 atom stereocenters. The van der Waals surface area contributed by atoms with Crippen LogP contribution in [0.15, 0.2) is 36.5 Å². The number of nitrogens with zero attached hydrogens (tertiary/aromatic N) is 2. The standard InChI is InChI=1S/C18H18FN3O/c19-13-5-7-15(12(9-13)10-20)17-8-6-14(11-22-17)23-18-4-2-1-3-16(18)21/h5-9,11,16,18H,1-4,21H2/t16-,18+/m0/s1. The minimum absolute atomic E-state index is 0.0249. The number of nitrogens with two attached hydrogens (primary N) is 1. The van der Waals surface area contributed by atoms with Crippen LogP contribution in [0.4, 0.5) is 4.39 Å². The lowest BCUT2D eigenvalue weighted by atomic mass is 9.93. The van der Waals surface area contributed by atoms with Crippen molar-refractivity contribution in [3.8, 4) is 23.1 Å². The fourth-order valence-electron chi connectivity index (χ4n) is 2.89. The van der Waals surface area contributed by atoms with E-state index in [4.69, 9.17) is 15.7 Å². The topological polar surface area (TPSA) is 71.9 Å². The highest BCUT2D eigenvalue weighted by molar-refractivity contribution is 5.67. The van der Waals surface area contributed by atoms with Crippen molar-refractivity contribution in [2.75, 3.05) is 0 Å². The Balaban J connectivity index is 1.78. The number of ether oxygens (including phenoxy) is 1. The molecule has 0 spiro atoms. The van der Waals surface area contributed by atoms with Crippen molar-refractivity contribution in [3.63, 3.8) is 0 Å². The van der Waals surface area contributed by atoms with E-state index in [9.17, 15) is 4.39 Å². The largest absolute Gasteiger partial charge is 0.487 e. The summed E-state index contributed by atoms with van der Waals surface area (Å²) in [5.41, 5.74) is 7.57. The predicted octanol–water partition coefficient (Wildman–Crippen LogP) is 3.41. The lowest BCUT2D eigenvalue weighted by Crippen LogP contribution is -2.41. The summed E-state index contributed by atoms with van der Waals surface area (Å²) in [6.45, 7) is 0. The Labute approximate surface area is 134 Å². The zero-order valence-electron chi connectivity index (χ0n) is 12.7. The third-order valence-electron chi connectivity index (χ3n) is 4.16. The van der Waals surface area contributed by atoms with Gasteiger partial charge in [-0.1, -0.05) is 6.42 Å². The Morgan fingerprint density at radius 2 is 2.04 bits per heavy atom. The molecule has 0 bridgehead atoms. The van der Waals surface area contributed by atoms with E-state index in [1.165, 1.54) is 12.1 Å². The molecule has 23 heavy (non-hydrogen) atoms. The molecule has 0 saturated heterocycles. The molecule has 118 valence electrons. The molecule has 1 fully saturated rings. The first-order valence-electron chi connectivity index (χ1n) is 7.75. The van der Waals surface area contributed by atoms with Crippen LogP contribution in [0.3, 0.4) is 0 Å². The van der Waals surface area contributed by atoms with Gasteiger partial charge in [0.05, 0.1) is 23.5 Å². The first kappa shape index (κ1) is 15.4. The summed E-state index contributed by atoms with van der Waals surface area (Å²) in [5.74, 6) is 0.230. The molecular formula is C18H18FN3O. The van der Waals surface area contributed by atoms with Crippen molar-refractivity contribution in [2.24, 2.45) is 5.73 Å². The Morgan fingerprint density at radius 1 is 1.22 bits per heavy atom. The van der Waals surface area contributed by atoms with Crippen LogP contribution >= 0.6 is 0 Å². The third kappa shape index (κ3) is 3.49. The van der Waals surface area contributed by atoms with Crippen LogP contribution < -0.4 is 10.5 Å². The third-order valence-corrected chi connectivity index (χ3v) is 4.16. The van der Waals surface area contributed by atoms with Crippen LogP contribution in [-0.2, 0) is 0 Å². The second-order valence-electron chi connectivity index (χ2n) is 5.79. The van der Waals surface area contributed by atoms with Gasteiger partial charge in [0.1, 0.15) is 17.7 Å². The summed E-state index contributed by atoms with van der Waals surface area (Å²) in [6.07, 6.45) is 5.87. The highest BCUT2D eigenvalue weighted by Gasteiger charge is 2.23. The molecule has 1 aliphatic carbocycles. The summed E-state index contributed by atoms with van der Waals surface area (Å²) in [5, 5.41) is 9.12. The molecule has 1 aromatic carbocycles. The molecular weight excluding hydrogens is 293 g/mol. The number of rotatable bonds is 3. The van der Waals surface area contributed by atoms with Gasteiger partial charge < -0.3 is 10.5 Å². The van der Waals surface area contributed by atoms with Crippen LogP contribution in [0.5, 0.6) is 5.75 Å². The summed E-state index contributed by atoms with van der Waals surface area (Å²) >= 11 is 0. The molecule has 3 rings (SSSR count). The van der Waals surface area contributed by atoms with Crippen molar-refractivity contribution in [2.45, 2.75) is 37.8 Å². The number of benzene rings is 1. The molecule has 5 heteroatoms. The molecule has 4 nitrogen and oxygen atoms in total. The number of nitriles is 1. The van der Waals surface area contributed by atoms with E-state index in [0.717, 1.165) is 25.7 Å². The van der Waals surface area contributed by atoms with Gasteiger partial charge in [0.25, 0.3) is 0 Å². The molecule has 1 saturated carbocycles. The Hall–Kier alpha value is -2.45. The molecule has 2 N–H and O–H groups in total. The van der Waals surface area contributed by atoms with Crippen molar-refractivity contribution >= 4 is 0 Å². The highest BCUT2D eigenvalue weighted by atomic mass is 19.1. The maximum Gasteiger partial charge on any atom is 0.138 e. The van der Waals surface area contributed by atoms with E-state index in [1.54, 1.807) is 18.3 Å². The molecule has 1 aliphatic rings. The predicted molar refractivity (Wildman–Crippen MR) is 85.2 cm³/mol. The van der Waals surface area contributed by atoms with Crippen molar-refractivity contribution < 1.29 is 9.13 Å². The van der Waals surface area contributed by atoms with Gasteiger partial charge >= 0.3 is 0 Å².